The Morgan fingerprint density at radius 2 is 1.81 bits per heavy atom. The molecule has 1 aliphatic heterocycles. The average Bonchev–Trinajstić information content (AvgIpc) is 2.84. The molecule has 1 aromatic carbocycles. The molecule has 0 aromatic heterocycles. The van der Waals surface area contributed by atoms with E-state index in [0.29, 0.717) is 6.04 Å². The third kappa shape index (κ3) is 4.68. The molecule has 2 fully saturated rings. The number of carbonyl (C=O) groups excluding carboxylic acids is 1. The minimum Gasteiger partial charge on any atom is -0.333 e. The first-order chi connectivity index (χ1) is 13.0. The Morgan fingerprint density at radius 1 is 1.19 bits per heavy atom. The standard InChI is InChI=1S/C22H33N3OS/c1-5-18-12-14-20(15-13-18)25(17(3)26)21-16(2)27-22(24(21)4)23-19-10-8-6-7-9-11-19/h12-16,19,21H,5-11H2,1-4H3. The normalized spacial score (nSPS) is 25.6. The SMILES string of the molecule is CCc1ccc(N(C(C)=O)C2C(C)SC(=NC3CCCCCC3)N2C)cc1. The van der Waals surface area contributed by atoms with Crippen molar-refractivity contribution in [2.45, 2.75) is 83.2 Å². The molecule has 1 aliphatic carbocycles. The summed E-state index contributed by atoms with van der Waals surface area (Å²) in [5.41, 5.74) is 2.26. The number of rotatable bonds is 4. The molecule has 2 unspecified atom stereocenters. The second-order valence-electron chi connectivity index (χ2n) is 7.81. The van der Waals surface area contributed by atoms with E-state index in [-0.39, 0.29) is 17.3 Å². The Morgan fingerprint density at radius 3 is 2.37 bits per heavy atom. The van der Waals surface area contributed by atoms with Crippen molar-refractivity contribution in [3.8, 4) is 0 Å². The number of hydrogen-bond acceptors (Lipinski definition) is 3. The maximum atomic E-state index is 12.6. The van der Waals surface area contributed by atoms with Crippen LogP contribution in [0.1, 0.15) is 64.9 Å². The van der Waals surface area contributed by atoms with E-state index >= 15 is 0 Å². The van der Waals surface area contributed by atoms with Crippen LogP contribution in [0.3, 0.4) is 0 Å². The predicted octanol–water partition coefficient (Wildman–Crippen LogP) is 5.07. The number of nitrogens with zero attached hydrogens (tertiary/aromatic N) is 3. The highest BCUT2D eigenvalue weighted by atomic mass is 32.2. The summed E-state index contributed by atoms with van der Waals surface area (Å²) in [6.07, 6.45) is 8.68. The van der Waals surface area contributed by atoms with Gasteiger partial charge in [-0.05, 0) is 43.9 Å². The lowest BCUT2D eigenvalue weighted by Crippen LogP contribution is -2.50. The number of amidine groups is 1. The summed E-state index contributed by atoms with van der Waals surface area (Å²) in [4.78, 5) is 21.8. The van der Waals surface area contributed by atoms with Gasteiger partial charge in [-0.15, -0.1) is 0 Å². The van der Waals surface area contributed by atoms with E-state index in [9.17, 15) is 4.79 Å². The molecule has 1 amide bonds. The fourth-order valence-electron chi connectivity index (χ4n) is 4.20. The molecule has 2 atom stereocenters. The molecule has 1 saturated carbocycles. The Kier molecular flexibility index (Phi) is 6.85. The van der Waals surface area contributed by atoms with E-state index < -0.39 is 0 Å². The van der Waals surface area contributed by atoms with Gasteiger partial charge in [0.2, 0.25) is 5.91 Å². The molecular weight excluding hydrogens is 354 g/mol. The lowest BCUT2D eigenvalue weighted by atomic mass is 10.1. The molecule has 0 N–H and O–H groups in total. The van der Waals surface area contributed by atoms with Gasteiger partial charge < -0.3 is 4.90 Å². The Labute approximate surface area is 168 Å². The van der Waals surface area contributed by atoms with Crippen LogP contribution in [-0.2, 0) is 11.2 Å². The van der Waals surface area contributed by atoms with Crippen LogP contribution < -0.4 is 4.90 Å². The van der Waals surface area contributed by atoms with Crippen LogP contribution in [0.25, 0.3) is 0 Å². The van der Waals surface area contributed by atoms with Crippen molar-refractivity contribution in [3.63, 3.8) is 0 Å². The molecule has 3 rings (SSSR count). The van der Waals surface area contributed by atoms with Gasteiger partial charge in [-0.25, -0.2) is 0 Å². The van der Waals surface area contributed by atoms with Crippen LogP contribution in [0, 0.1) is 0 Å². The van der Waals surface area contributed by atoms with Crippen molar-refractivity contribution in [3.05, 3.63) is 29.8 Å². The quantitative estimate of drug-likeness (QED) is 0.676. The second-order valence-corrected chi connectivity index (χ2v) is 9.16. The zero-order chi connectivity index (χ0) is 19.4. The highest BCUT2D eigenvalue weighted by Crippen LogP contribution is 2.36. The number of benzene rings is 1. The zero-order valence-electron chi connectivity index (χ0n) is 17.1. The topological polar surface area (TPSA) is 35.9 Å². The summed E-state index contributed by atoms with van der Waals surface area (Å²) in [6, 6.07) is 8.84. The number of hydrogen-bond donors (Lipinski definition) is 0. The smallest absolute Gasteiger partial charge is 0.225 e. The maximum Gasteiger partial charge on any atom is 0.225 e. The summed E-state index contributed by atoms with van der Waals surface area (Å²) >= 11 is 1.81. The highest BCUT2D eigenvalue weighted by Gasteiger charge is 2.40. The lowest BCUT2D eigenvalue weighted by molar-refractivity contribution is -0.117. The van der Waals surface area contributed by atoms with Gasteiger partial charge in [0.05, 0.1) is 6.04 Å². The zero-order valence-corrected chi connectivity index (χ0v) is 18.0. The van der Waals surface area contributed by atoms with Crippen LogP contribution in [0.5, 0.6) is 0 Å². The maximum absolute atomic E-state index is 12.6. The Bertz CT molecular complexity index is 665. The first-order valence-electron chi connectivity index (χ1n) is 10.4. The van der Waals surface area contributed by atoms with Crippen molar-refractivity contribution in [1.82, 2.24) is 4.90 Å². The Hall–Kier alpha value is -1.49. The van der Waals surface area contributed by atoms with Gasteiger partial charge in [0.25, 0.3) is 0 Å². The number of thioether (sulfide) groups is 1. The van der Waals surface area contributed by atoms with Gasteiger partial charge in [-0.1, -0.05) is 56.5 Å². The Balaban J connectivity index is 1.83. The minimum atomic E-state index is 0.00417. The van der Waals surface area contributed by atoms with Gasteiger partial charge in [-0.3, -0.25) is 14.7 Å². The molecule has 1 heterocycles. The van der Waals surface area contributed by atoms with Gasteiger partial charge in [0, 0.05) is 24.9 Å². The molecule has 1 aromatic rings. The molecular formula is C22H33N3OS. The van der Waals surface area contributed by atoms with E-state index in [1.807, 2.05) is 16.7 Å². The number of aliphatic imine (C=N–C) groups is 1. The fraction of sp³-hybridized carbons (Fsp3) is 0.636. The molecule has 1 saturated heterocycles. The first-order valence-corrected chi connectivity index (χ1v) is 11.2. The highest BCUT2D eigenvalue weighted by molar-refractivity contribution is 8.14. The van der Waals surface area contributed by atoms with Gasteiger partial charge in [-0.2, -0.15) is 0 Å². The molecule has 2 aliphatic rings. The molecule has 5 heteroatoms. The van der Waals surface area contributed by atoms with Crippen LogP contribution >= 0.6 is 11.8 Å². The van der Waals surface area contributed by atoms with E-state index in [0.717, 1.165) is 17.3 Å². The second kappa shape index (κ2) is 9.13. The number of carbonyl (C=O) groups is 1. The van der Waals surface area contributed by atoms with Crippen LogP contribution in [-0.4, -0.2) is 40.5 Å². The van der Waals surface area contributed by atoms with Gasteiger partial charge in [0.15, 0.2) is 5.17 Å². The monoisotopic (exact) mass is 387 g/mol. The predicted molar refractivity (Wildman–Crippen MR) is 117 cm³/mol. The molecule has 0 radical (unpaired) electrons. The lowest BCUT2D eigenvalue weighted by Gasteiger charge is -2.35. The van der Waals surface area contributed by atoms with Crippen molar-refractivity contribution >= 4 is 28.5 Å². The van der Waals surface area contributed by atoms with Gasteiger partial charge >= 0.3 is 0 Å². The third-order valence-electron chi connectivity index (χ3n) is 5.75. The molecule has 0 bridgehead atoms. The van der Waals surface area contributed by atoms with Crippen LogP contribution in [0.4, 0.5) is 5.69 Å². The summed E-state index contributed by atoms with van der Waals surface area (Å²) in [5.74, 6) is 0.0827. The number of amides is 1. The molecule has 0 spiro atoms. The minimum absolute atomic E-state index is 0.00417. The van der Waals surface area contributed by atoms with E-state index in [4.69, 9.17) is 4.99 Å². The summed E-state index contributed by atoms with van der Waals surface area (Å²) < 4.78 is 0. The third-order valence-corrected chi connectivity index (χ3v) is 6.97. The van der Waals surface area contributed by atoms with Crippen molar-refractivity contribution in [2.24, 2.45) is 4.99 Å². The van der Waals surface area contributed by atoms with Crippen molar-refractivity contribution in [2.75, 3.05) is 11.9 Å². The fourth-order valence-corrected chi connectivity index (χ4v) is 5.44. The average molecular weight is 388 g/mol. The molecule has 27 heavy (non-hydrogen) atoms. The van der Waals surface area contributed by atoms with E-state index in [2.05, 4.69) is 50.1 Å². The largest absolute Gasteiger partial charge is 0.333 e. The summed E-state index contributed by atoms with van der Waals surface area (Å²) in [5, 5.41) is 1.38. The van der Waals surface area contributed by atoms with E-state index in [1.54, 1.807) is 6.92 Å². The van der Waals surface area contributed by atoms with Crippen LogP contribution in [0.2, 0.25) is 0 Å². The first kappa shape index (κ1) is 20.2. The van der Waals surface area contributed by atoms with Crippen molar-refractivity contribution in [1.29, 1.82) is 0 Å². The number of aryl methyl sites for hydroxylation is 1. The summed E-state index contributed by atoms with van der Waals surface area (Å²) in [6.45, 7) is 6.02. The van der Waals surface area contributed by atoms with Gasteiger partial charge in [0.1, 0.15) is 6.17 Å². The number of anilines is 1. The van der Waals surface area contributed by atoms with E-state index in [1.165, 1.54) is 44.1 Å². The molecule has 4 nitrogen and oxygen atoms in total. The molecule has 148 valence electrons. The van der Waals surface area contributed by atoms with Crippen LogP contribution in [0.15, 0.2) is 29.3 Å². The summed E-state index contributed by atoms with van der Waals surface area (Å²) in [7, 11) is 2.09. The van der Waals surface area contributed by atoms with Crippen molar-refractivity contribution < 1.29 is 4.79 Å².